The van der Waals surface area contributed by atoms with Crippen LogP contribution < -0.4 is 0 Å². The Morgan fingerprint density at radius 2 is 1.89 bits per heavy atom. The van der Waals surface area contributed by atoms with Crippen LogP contribution in [0.5, 0.6) is 0 Å². The van der Waals surface area contributed by atoms with Crippen LogP contribution in [-0.4, -0.2) is 5.71 Å². The van der Waals surface area contributed by atoms with E-state index in [1.165, 1.54) is 63.2 Å². The van der Waals surface area contributed by atoms with Crippen molar-refractivity contribution in [1.29, 1.82) is 5.41 Å². The number of fused-ring (bicyclic) bond motifs is 5. The Labute approximate surface area is 171 Å². The molecule has 5 aliphatic carbocycles. The van der Waals surface area contributed by atoms with E-state index in [2.05, 4.69) is 44.9 Å². The maximum atomic E-state index is 8.05. The second kappa shape index (κ2) is 7.25. The van der Waals surface area contributed by atoms with Crippen molar-refractivity contribution in [2.24, 2.45) is 40.4 Å². The van der Waals surface area contributed by atoms with Crippen molar-refractivity contribution in [1.82, 2.24) is 0 Å². The molecule has 5 rings (SSSR count). The van der Waals surface area contributed by atoms with Gasteiger partial charge in [0, 0.05) is 5.71 Å². The van der Waals surface area contributed by atoms with Gasteiger partial charge >= 0.3 is 0 Å². The first kappa shape index (κ1) is 19.6. The largest absolute Gasteiger partial charge is 0.305 e. The first-order valence-electron chi connectivity index (χ1n) is 11.2. The molecule has 6 atom stereocenters. The zero-order valence-electron chi connectivity index (χ0n) is 17.1. The molecule has 0 aromatic rings. The molecule has 0 aliphatic heterocycles. The van der Waals surface area contributed by atoms with Crippen molar-refractivity contribution in [3.63, 3.8) is 0 Å². The number of rotatable bonds is 2. The van der Waals surface area contributed by atoms with Crippen molar-refractivity contribution in [2.45, 2.75) is 71.1 Å². The highest BCUT2D eigenvalue weighted by Gasteiger charge is 2.67. The number of nitrogens with one attached hydrogen (secondary N) is 1. The topological polar surface area (TPSA) is 23.9 Å². The Bertz CT molecular complexity index is 657. The SMILES string of the molecule is C=CC1C2(CC2)CC2C3CCC4=CC(=N)CCC4C3CCC21CC.C=CS. The summed E-state index contributed by atoms with van der Waals surface area (Å²) in [5.41, 5.74) is 3.79. The monoisotopic (exact) mass is 383 g/mol. The minimum atomic E-state index is 0.585. The smallest absolute Gasteiger partial charge is 0.0313 e. The van der Waals surface area contributed by atoms with Crippen LogP contribution in [-0.2, 0) is 0 Å². The van der Waals surface area contributed by atoms with E-state index in [4.69, 9.17) is 5.41 Å². The van der Waals surface area contributed by atoms with Gasteiger partial charge in [-0.1, -0.05) is 25.2 Å². The van der Waals surface area contributed by atoms with Crippen molar-refractivity contribution >= 4 is 18.3 Å². The maximum absolute atomic E-state index is 8.05. The number of hydrogen-bond donors (Lipinski definition) is 2. The summed E-state index contributed by atoms with van der Waals surface area (Å²) < 4.78 is 0. The van der Waals surface area contributed by atoms with Gasteiger partial charge in [0.25, 0.3) is 0 Å². The summed E-state index contributed by atoms with van der Waals surface area (Å²) in [7, 11) is 0. The lowest BCUT2D eigenvalue weighted by Crippen LogP contribution is -2.47. The number of hydrogen-bond acceptors (Lipinski definition) is 2. The molecule has 1 spiro atoms. The molecule has 0 aromatic heterocycles. The molecule has 0 heterocycles. The van der Waals surface area contributed by atoms with Crippen LogP contribution >= 0.6 is 12.6 Å². The summed E-state index contributed by atoms with van der Waals surface area (Å²) in [6.45, 7) is 10.0. The third-order valence-electron chi connectivity index (χ3n) is 9.28. The minimum Gasteiger partial charge on any atom is -0.305 e. The van der Waals surface area contributed by atoms with Crippen molar-refractivity contribution < 1.29 is 0 Å². The summed E-state index contributed by atoms with van der Waals surface area (Å²) >= 11 is 3.55. The molecule has 6 unspecified atom stereocenters. The Morgan fingerprint density at radius 1 is 1.15 bits per heavy atom. The summed E-state index contributed by atoms with van der Waals surface area (Å²) in [5, 5.41) is 9.49. The van der Waals surface area contributed by atoms with Crippen LogP contribution in [0.3, 0.4) is 0 Å². The van der Waals surface area contributed by atoms with Crippen LogP contribution in [0.1, 0.15) is 71.1 Å². The summed E-state index contributed by atoms with van der Waals surface area (Å²) in [4.78, 5) is 0. The fourth-order valence-corrected chi connectivity index (χ4v) is 8.19. The molecule has 0 bridgehead atoms. The number of allylic oxidation sites excluding steroid dienone is 3. The molecular formula is C25H37NS. The van der Waals surface area contributed by atoms with Gasteiger partial charge in [0.1, 0.15) is 0 Å². The third-order valence-corrected chi connectivity index (χ3v) is 9.28. The Kier molecular flexibility index (Phi) is 5.25. The van der Waals surface area contributed by atoms with Gasteiger partial charge in [0.2, 0.25) is 0 Å². The second-order valence-electron chi connectivity index (χ2n) is 9.95. The van der Waals surface area contributed by atoms with E-state index in [1.807, 2.05) is 0 Å². The van der Waals surface area contributed by atoms with E-state index in [9.17, 15) is 0 Å². The van der Waals surface area contributed by atoms with Gasteiger partial charge in [-0.3, -0.25) is 0 Å². The summed E-state index contributed by atoms with van der Waals surface area (Å²) in [6, 6.07) is 0. The molecule has 2 heteroatoms. The van der Waals surface area contributed by atoms with E-state index in [0.29, 0.717) is 10.8 Å². The summed E-state index contributed by atoms with van der Waals surface area (Å²) in [6.07, 6.45) is 18.4. The standard InChI is InChI=1S/C23H33N.C2H4S/c1-3-21-22(11-12-22)14-20-19-7-5-15-13-16(24)6-8-17(15)18(19)9-10-23(20,21)4-2;1-2-3/h3,13,17-21,24H,1,4-12,14H2,2H3;2-3H,1H2. The Hall–Kier alpha value is -0.760. The normalized spacial score (nSPS) is 43.4. The summed E-state index contributed by atoms with van der Waals surface area (Å²) in [5.74, 6) is 4.50. The lowest BCUT2D eigenvalue weighted by Gasteiger charge is -2.55. The lowest BCUT2D eigenvalue weighted by molar-refractivity contribution is -0.0269. The molecule has 0 radical (unpaired) electrons. The molecule has 4 saturated carbocycles. The van der Waals surface area contributed by atoms with Gasteiger partial charge in [-0.05, 0) is 116 Å². The molecule has 1 nitrogen and oxygen atoms in total. The average Bonchev–Trinajstić information content (AvgIpc) is 3.36. The molecule has 5 aliphatic rings. The van der Waals surface area contributed by atoms with E-state index in [1.54, 1.807) is 5.57 Å². The minimum absolute atomic E-state index is 0.585. The highest BCUT2D eigenvalue weighted by Crippen LogP contribution is 2.76. The fraction of sp³-hybridized carbons (Fsp3) is 0.720. The highest BCUT2D eigenvalue weighted by molar-refractivity contribution is 7.83. The van der Waals surface area contributed by atoms with Crippen molar-refractivity contribution in [2.75, 3.05) is 0 Å². The van der Waals surface area contributed by atoms with Crippen LogP contribution in [0, 0.1) is 45.8 Å². The predicted octanol–water partition coefficient (Wildman–Crippen LogP) is 7.22. The number of thiol groups is 1. The van der Waals surface area contributed by atoms with E-state index in [-0.39, 0.29) is 0 Å². The molecule has 4 fully saturated rings. The van der Waals surface area contributed by atoms with Crippen LogP contribution in [0.25, 0.3) is 0 Å². The molecule has 27 heavy (non-hydrogen) atoms. The van der Waals surface area contributed by atoms with Gasteiger partial charge in [0.15, 0.2) is 0 Å². The molecule has 0 saturated heterocycles. The zero-order chi connectivity index (χ0) is 19.2. The maximum Gasteiger partial charge on any atom is 0.0313 e. The van der Waals surface area contributed by atoms with Gasteiger partial charge in [-0.25, -0.2) is 0 Å². The molecular weight excluding hydrogens is 346 g/mol. The van der Waals surface area contributed by atoms with E-state index in [0.717, 1.165) is 41.7 Å². The highest BCUT2D eigenvalue weighted by atomic mass is 32.1. The zero-order valence-corrected chi connectivity index (χ0v) is 17.9. The average molecular weight is 384 g/mol. The molecule has 1 N–H and O–H groups in total. The molecule has 0 amide bonds. The Balaban J connectivity index is 0.000000565. The quantitative estimate of drug-likeness (QED) is 0.371. The van der Waals surface area contributed by atoms with E-state index < -0.39 is 0 Å². The van der Waals surface area contributed by atoms with Gasteiger partial charge in [-0.15, -0.1) is 6.58 Å². The first-order valence-corrected chi connectivity index (χ1v) is 11.7. The van der Waals surface area contributed by atoms with Crippen molar-refractivity contribution in [3.05, 3.63) is 36.3 Å². The Morgan fingerprint density at radius 3 is 2.52 bits per heavy atom. The predicted molar refractivity (Wildman–Crippen MR) is 119 cm³/mol. The van der Waals surface area contributed by atoms with E-state index >= 15 is 0 Å². The third kappa shape index (κ3) is 2.93. The lowest BCUT2D eigenvalue weighted by atomic mass is 9.50. The van der Waals surface area contributed by atoms with Crippen LogP contribution in [0.4, 0.5) is 0 Å². The molecule has 0 aromatic carbocycles. The van der Waals surface area contributed by atoms with Gasteiger partial charge in [-0.2, -0.15) is 12.6 Å². The van der Waals surface area contributed by atoms with Gasteiger partial charge in [0.05, 0.1) is 0 Å². The van der Waals surface area contributed by atoms with Crippen LogP contribution in [0.2, 0.25) is 0 Å². The first-order chi connectivity index (χ1) is 13.0. The van der Waals surface area contributed by atoms with Gasteiger partial charge < -0.3 is 5.41 Å². The van der Waals surface area contributed by atoms with Crippen molar-refractivity contribution in [3.8, 4) is 0 Å². The molecule has 148 valence electrons. The van der Waals surface area contributed by atoms with Crippen LogP contribution in [0.15, 0.2) is 36.3 Å². The second-order valence-corrected chi connectivity index (χ2v) is 10.3. The fourth-order valence-electron chi connectivity index (χ4n) is 8.19.